The van der Waals surface area contributed by atoms with Gasteiger partial charge in [-0.2, -0.15) is 0 Å². The Kier molecular flexibility index (Phi) is 12.4. The number of halogens is 2. The molecule has 0 unspecified atom stereocenters. The number of carbonyl (C=O) groups excluding carboxylic acids is 2. The van der Waals surface area contributed by atoms with Crippen molar-refractivity contribution in [3.63, 3.8) is 0 Å². The molecule has 0 saturated carbocycles. The molecule has 1 aliphatic carbocycles. The van der Waals surface area contributed by atoms with E-state index >= 15 is 9.59 Å². The minimum absolute atomic E-state index is 0.0270. The fourth-order valence-corrected chi connectivity index (χ4v) is 15.5. The first-order chi connectivity index (χ1) is 23.1. The molecular weight excluding hydrogens is 846 g/mol. The van der Waals surface area contributed by atoms with Crippen molar-refractivity contribution >= 4 is 72.9 Å². The van der Waals surface area contributed by atoms with E-state index in [1.54, 1.807) is 0 Å². The van der Waals surface area contributed by atoms with E-state index in [1.165, 1.54) is 36.3 Å². The second kappa shape index (κ2) is 16.0. The highest BCUT2D eigenvalue weighted by atomic mass is 127. The molecule has 6 heteroatoms. The van der Waals surface area contributed by atoms with Gasteiger partial charge in [0.05, 0.1) is 16.1 Å². The van der Waals surface area contributed by atoms with Gasteiger partial charge in [0.1, 0.15) is 0 Å². The van der Waals surface area contributed by atoms with E-state index in [4.69, 9.17) is 0 Å². The normalized spacial score (nSPS) is 13.1. The van der Waals surface area contributed by atoms with Gasteiger partial charge in [0, 0.05) is 29.4 Å². The highest BCUT2D eigenvalue weighted by Crippen LogP contribution is 2.43. The van der Waals surface area contributed by atoms with E-state index in [0.717, 1.165) is 65.5 Å². The molecular formula is C42H50I2O2Si2. The zero-order valence-corrected chi connectivity index (χ0v) is 35.9. The van der Waals surface area contributed by atoms with E-state index in [-0.39, 0.29) is 11.6 Å². The van der Waals surface area contributed by atoms with Crippen molar-refractivity contribution in [2.24, 2.45) is 0 Å². The average Bonchev–Trinajstić information content (AvgIpc) is 3.12. The lowest BCUT2D eigenvalue weighted by atomic mass is 9.74. The molecule has 48 heavy (non-hydrogen) atoms. The van der Waals surface area contributed by atoms with Crippen LogP contribution in [0.3, 0.4) is 0 Å². The highest BCUT2D eigenvalue weighted by molar-refractivity contribution is 14.1. The third kappa shape index (κ3) is 7.28. The van der Waals surface area contributed by atoms with Crippen LogP contribution in [-0.2, 0) is 12.8 Å². The molecule has 1 aliphatic rings. The monoisotopic (exact) mass is 896 g/mol. The average molecular weight is 897 g/mol. The van der Waals surface area contributed by atoms with Crippen LogP contribution in [0, 0.1) is 7.14 Å². The molecule has 0 fully saturated rings. The lowest BCUT2D eigenvalue weighted by Crippen LogP contribution is -2.33. The van der Waals surface area contributed by atoms with Crippen LogP contribution in [0.5, 0.6) is 0 Å². The first-order valence-corrected chi connectivity index (χ1v) is 25.8. The first kappa shape index (κ1) is 37.4. The molecule has 4 aromatic carbocycles. The van der Waals surface area contributed by atoms with Gasteiger partial charge >= 0.3 is 0 Å². The predicted molar refractivity (Wildman–Crippen MR) is 227 cm³/mol. The number of ketones is 2. The van der Waals surface area contributed by atoms with Gasteiger partial charge < -0.3 is 0 Å². The lowest BCUT2D eigenvalue weighted by Gasteiger charge is -2.31. The molecule has 252 valence electrons. The Hall–Kier alpha value is -1.89. The minimum atomic E-state index is -1.44. The Balaban J connectivity index is 1.76. The number of aryl methyl sites for hydroxylation is 2. The molecule has 0 atom stereocenters. The molecule has 0 saturated heterocycles. The molecule has 0 N–H and O–H groups in total. The largest absolute Gasteiger partial charge is 0.289 e. The van der Waals surface area contributed by atoms with Gasteiger partial charge in [-0.25, -0.2) is 0 Å². The van der Waals surface area contributed by atoms with Gasteiger partial charge in [-0.15, -0.1) is 0 Å². The number of hydrogen-bond acceptors (Lipinski definition) is 2. The maximum atomic E-state index is 15.3. The molecule has 2 nitrogen and oxygen atoms in total. The zero-order valence-electron chi connectivity index (χ0n) is 29.6. The van der Waals surface area contributed by atoms with Crippen LogP contribution < -0.4 is 0 Å². The van der Waals surface area contributed by atoms with Gasteiger partial charge in [0.25, 0.3) is 0 Å². The highest BCUT2D eigenvalue weighted by Gasteiger charge is 2.39. The van der Waals surface area contributed by atoms with Gasteiger partial charge in [0.15, 0.2) is 11.6 Å². The van der Waals surface area contributed by atoms with Gasteiger partial charge in [-0.05, 0) is 116 Å². The maximum Gasteiger partial charge on any atom is 0.195 e. The molecule has 0 aliphatic heterocycles. The van der Waals surface area contributed by atoms with Crippen molar-refractivity contribution in [1.82, 2.24) is 0 Å². The SMILES string of the molecule is CC[Si](CC)(CC)CCc1ccc(CC[Si](CC)(CC)CC)c2c1C(=O)c1c(-c3ccc(I)cc3)ccc(-c3ccc(I)cc3)c1C2=O. The van der Waals surface area contributed by atoms with Crippen LogP contribution >= 0.6 is 45.2 Å². The van der Waals surface area contributed by atoms with E-state index in [1.807, 2.05) is 0 Å². The predicted octanol–water partition coefficient (Wildman–Crippen LogP) is 13.1. The Bertz CT molecular complexity index is 1640. The summed E-state index contributed by atoms with van der Waals surface area (Å²) < 4.78 is 2.28. The second-order valence-corrected chi connectivity index (χ2v) is 27.6. The third-order valence-corrected chi connectivity index (χ3v) is 25.2. The van der Waals surface area contributed by atoms with E-state index in [2.05, 4.69) is 160 Å². The van der Waals surface area contributed by atoms with Crippen molar-refractivity contribution in [2.45, 2.75) is 103 Å². The van der Waals surface area contributed by atoms with Crippen molar-refractivity contribution in [3.8, 4) is 22.3 Å². The van der Waals surface area contributed by atoms with Crippen LogP contribution in [0.25, 0.3) is 22.3 Å². The molecule has 0 bridgehead atoms. The summed E-state index contributed by atoms with van der Waals surface area (Å²) in [7, 11) is -2.89. The molecule has 0 radical (unpaired) electrons. The Morgan fingerprint density at radius 3 is 1.04 bits per heavy atom. The number of hydrogen-bond donors (Lipinski definition) is 0. The Morgan fingerprint density at radius 2 is 0.750 bits per heavy atom. The fourth-order valence-electron chi connectivity index (χ4n) is 8.05. The zero-order chi connectivity index (χ0) is 34.6. The summed E-state index contributed by atoms with van der Waals surface area (Å²) in [5, 5.41) is 0. The quantitative estimate of drug-likeness (QED) is 0.0822. The van der Waals surface area contributed by atoms with Crippen LogP contribution in [0.2, 0.25) is 48.4 Å². The molecule has 0 aromatic heterocycles. The number of fused-ring (bicyclic) bond motifs is 2. The Labute approximate surface area is 318 Å². The maximum absolute atomic E-state index is 15.3. The lowest BCUT2D eigenvalue weighted by molar-refractivity contribution is 0.0978. The smallest absolute Gasteiger partial charge is 0.195 e. The summed E-state index contributed by atoms with van der Waals surface area (Å²) in [6.07, 6.45) is 1.73. The van der Waals surface area contributed by atoms with Gasteiger partial charge in [-0.1, -0.05) is 138 Å². The fraction of sp³-hybridized carbons (Fsp3) is 0.381. The second-order valence-electron chi connectivity index (χ2n) is 13.8. The van der Waals surface area contributed by atoms with Crippen molar-refractivity contribution in [1.29, 1.82) is 0 Å². The van der Waals surface area contributed by atoms with Crippen LogP contribution in [0.4, 0.5) is 0 Å². The minimum Gasteiger partial charge on any atom is -0.289 e. The van der Waals surface area contributed by atoms with Crippen LogP contribution in [-0.4, -0.2) is 27.7 Å². The van der Waals surface area contributed by atoms with E-state index in [9.17, 15) is 0 Å². The number of carbonyl (C=O) groups is 2. The summed E-state index contributed by atoms with van der Waals surface area (Å²) in [5.74, 6) is 0.0539. The standard InChI is InChI=1S/C42H50I2O2Si2/c1-7-47(8-2,9-3)27-25-31-13-14-32(26-28-48(10-4,11-5)12-6)38-37(31)41(45)39-35(29-15-19-33(43)20-16-29)23-24-36(40(39)42(38)46)30-17-21-34(44)22-18-30/h13-24H,7-12,25-28H2,1-6H3. The van der Waals surface area contributed by atoms with Crippen molar-refractivity contribution in [3.05, 3.63) is 113 Å². The third-order valence-electron chi connectivity index (χ3n) is 12.2. The first-order valence-electron chi connectivity index (χ1n) is 18.0. The molecule has 0 amide bonds. The topological polar surface area (TPSA) is 34.1 Å². The number of benzene rings is 4. The summed E-state index contributed by atoms with van der Waals surface area (Å²) >= 11 is 4.64. The van der Waals surface area contributed by atoms with E-state index in [0.29, 0.717) is 22.3 Å². The summed E-state index contributed by atoms with van der Waals surface area (Å²) in [6.45, 7) is 14.1. The van der Waals surface area contributed by atoms with Gasteiger partial charge in [0.2, 0.25) is 0 Å². The molecule has 4 aromatic rings. The van der Waals surface area contributed by atoms with Crippen molar-refractivity contribution in [2.75, 3.05) is 0 Å². The number of rotatable bonds is 14. The van der Waals surface area contributed by atoms with E-state index < -0.39 is 16.1 Å². The molecule has 5 rings (SSSR count). The van der Waals surface area contributed by atoms with Crippen LogP contribution in [0.15, 0.2) is 72.8 Å². The summed E-state index contributed by atoms with van der Waals surface area (Å²) in [5.41, 5.74) is 8.34. The summed E-state index contributed by atoms with van der Waals surface area (Å²) in [6, 6.07) is 35.1. The van der Waals surface area contributed by atoms with Crippen LogP contribution in [0.1, 0.15) is 84.5 Å². The molecule has 0 spiro atoms. The van der Waals surface area contributed by atoms with Gasteiger partial charge in [-0.3, -0.25) is 9.59 Å². The van der Waals surface area contributed by atoms with Crippen molar-refractivity contribution < 1.29 is 9.59 Å². The Morgan fingerprint density at radius 1 is 0.438 bits per heavy atom. The molecule has 0 heterocycles. The summed E-state index contributed by atoms with van der Waals surface area (Å²) in [4.78, 5) is 30.6.